The van der Waals surface area contributed by atoms with Crippen LogP contribution in [0.5, 0.6) is 5.75 Å². The zero-order chi connectivity index (χ0) is 13.4. The first-order valence-electron chi connectivity index (χ1n) is 6.41. The molecule has 18 heavy (non-hydrogen) atoms. The van der Waals surface area contributed by atoms with Crippen molar-refractivity contribution in [2.75, 3.05) is 12.5 Å². The van der Waals surface area contributed by atoms with Crippen molar-refractivity contribution >= 4 is 11.6 Å². The predicted octanol–water partition coefficient (Wildman–Crippen LogP) is 4.40. The van der Waals surface area contributed by atoms with Crippen LogP contribution in [-0.4, -0.2) is 12.5 Å². The molecule has 0 unspecified atom stereocenters. The third-order valence-corrected chi connectivity index (χ3v) is 2.72. The Bertz CT molecular complexity index is 426. The molecule has 0 saturated heterocycles. The fourth-order valence-corrected chi connectivity index (χ4v) is 1.57. The van der Waals surface area contributed by atoms with E-state index in [-0.39, 0.29) is 0 Å². The number of hydrogen-bond donors (Lipinski definition) is 0. The monoisotopic (exact) mass is 264 g/mol. The maximum absolute atomic E-state index is 5.80. The van der Waals surface area contributed by atoms with Crippen LogP contribution >= 0.6 is 11.6 Å². The lowest BCUT2D eigenvalue weighted by Crippen LogP contribution is -2.02. The maximum atomic E-state index is 5.80. The van der Waals surface area contributed by atoms with E-state index >= 15 is 0 Å². The van der Waals surface area contributed by atoms with Gasteiger partial charge in [-0.05, 0) is 37.0 Å². The van der Waals surface area contributed by atoms with E-state index in [1.165, 1.54) is 5.56 Å². The average Bonchev–Trinajstić information content (AvgIpc) is 2.32. The summed E-state index contributed by atoms with van der Waals surface area (Å²) in [5, 5.41) is 0. The van der Waals surface area contributed by atoms with Gasteiger partial charge >= 0.3 is 0 Å². The molecule has 0 aliphatic heterocycles. The van der Waals surface area contributed by atoms with Gasteiger partial charge < -0.3 is 4.74 Å². The molecule has 0 aromatic heterocycles. The summed E-state index contributed by atoms with van der Waals surface area (Å²) in [5.74, 6) is 8.29. The lowest BCUT2D eigenvalue weighted by molar-refractivity contribution is 0.289. The van der Waals surface area contributed by atoms with Crippen LogP contribution in [0.2, 0.25) is 0 Å². The Labute approximate surface area is 115 Å². The molecule has 0 aliphatic rings. The number of benzene rings is 1. The van der Waals surface area contributed by atoms with Gasteiger partial charge in [-0.2, -0.15) is 0 Å². The molecule has 1 rings (SSSR count). The second-order valence-corrected chi connectivity index (χ2v) is 5.15. The lowest BCUT2D eigenvalue weighted by Gasteiger charge is -2.10. The number of hydrogen-bond acceptors (Lipinski definition) is 1. The largest absolute Gasteiger partial charge is 0.492 e. The van der Waals surface area contributed by atoms with E-state index < -0.39 is 0 Å². The third kappa shape index (κ3) is 5.47. The van der Waals surface area contributed by atoms with E-state index in [2.05, 4.69) is 44.7 Å². The van der Waals surface area contributed by atoms with Gasteiger partial charge in [0.05, 0.1) is 12.2 Å². The highest BCUT2D eigenvalue weighted by molar-refractivity contribution is 6.18. The molecule has 98 valence electrons. The lowest BCUT2D eigenvalue weighted by atomic mass is 10.1. The van der Waals surface area contributed by atoms with Crippen molar-refractivity contribution < 1.29 is 4.74 Å². The first kappa shape index (κ1) is 14.9. The number of alkyl halides is 1. The molecular formula is C16H21ClO. The van der Waals surface area contributed by atoms with E-state index in [0.717, 1.165) is 24.3 Å². The molecule has 0 spiro atoms. The van der Waals surface area contributed by atoms with E-state index in [1.807, 2.05) is 6.07 Å². The third-order valence-electron chi connectivity index (χ3n) is 2.53. The number of rotatable bonds is 5. The molecule has 1 nitrogen and oxygen atoms in total. The maximum Gasteiger partial charge on any atom is 0.134 e. The molecule has 0 N–H and O–H groups in total. The van der Waals surface area contributed by atoms with Gasteiger partial charge in [-0.1, -0.05) is 31.8 Å². The Hall–Kier alpha value is -1.13. The van der Waals surface area contributed by atoms with Crippen LogP contribution in [0.25, 0.3) is 0 Å². The highest BCUT2D eigenvalue weighted by atomic mass is 35.5. The average molecular weight is 265 g/mol. The van der Waals surface area contributed by atoms with Crippen LogP contribution in [0.1, 0.15) is 37.8 Å². The van der Waals surface area contributed by atoms with Crippen LogP contribution in [-0.2, 0) is 0 Å². The van der Waals surface area contributed by atoms with Crippen LogP contribution in [0.4, 0.5) is 0 Å². The molecule has 1 aromatic carbocycles. The van der Waals surface area contributed by atoms with Crippen molar-refractivity contribution in [3.63, 3.8) is 0 Å². The van der Waals surface area contributed by atoms with Crippen molar-refractivity contribution in [2.45, 2.75) is 33.6 Å². The number of aryl methyl sites for hydroxylation is 1. The summed E-state index contributed by atoms with van der Waals surface area (Å²) >= 11 is 5.62. The summed E-state index contributed by atoms with van der Waals surface area (Å²) in [5.41, 5.74) is 2.16. The second-order valence-electron chi connectivity index (χ2n) is 4.77. The molecule has 0 amide bonds. The molecule has 1 aromatic rings. The highest BCUT2D eigenvalue weighted by Gasteiger charge is 2.02. The molecule has 0 radical (unpaired) electrons. The summed E-state index contributed by atoms with van der Waals surface area (Å²) in [7, 11) is 0. The summed E-state index contributed by atoms with van der Waals surface area (Å²) < 4.78 is 5.80. The van der Waals surface area contributed by atoms with Crippen molar-refractivity contribution in [1.29, 1.82) is 0 Å². The zero-order valence-electron chi connectivity index (χ0n) is 11.4. The first-order valence-corrected chi connectivity index (χ1v) is 6.95. The summed E-state index contributed by atoms with van der Waals surface area (Å²) in [6, 6.07) is 6.11. The Morgan fingerprint density at radius 3 is 2.78 bits per heavy atom. The molecule has 0 aliphatic carbocycles. The fourth-order valence-electron chi connectivity index (χ4n) is 1.48. The van der Waals surface area contributed by atoms with E-state index in [1.54, 1.807) is 0 Å². The van der Waals surface area contributed by atoms with Crippen molar-refractivity contribution in [3.05, 3.63) is 29.3 Å². The predicted molar refractivity (Wildman–Crippen MR) is 78.3 cm³/mol. The summed E-state index contributed by atoms with van der Waals surface area (Å²) in [6.07, 6.45) is 1.77. The molecule has 0 fully saturated rings. The normalized spacial score (nSPS) is 10.1. The van der Waals surface area contributed by atoms with Crippen LogP contribution in [0.15, 0.2) is 18.2 Å². The number of ether oxygens (including phenoxy) is 1. The molecular weight excluding hydrogens is 244 g/mol. The minimum Gasteiger partial charge on any atom is -0.492 e. The van der Waals surface area contributed by atoms with Crippen molar-refractivity contribution in [1.82, 2.24) is 0 Å². The first-order chi connectivity index (χ1) is 8.63. The van der Waals surface area contributed by atoms with Gasteiger partial charge in [0, 0.05) is 12.3 Å². The number of halogens is 1. The van der Waals surface area contributed by atoms with Crippen molar-refractivity contribution in [3.8, 4) is 17.6 Å². The van der Waals surface area contributed by atoms with Crippen molar-refractivity contribution in [2.24, 2.45) is 5.92 Å². The van der Waals surface area contributed by atoms with Gasteiger partial charge in [0.15, 0.2) is 0 Å². The molecule has 0 heterocycles. The molecule has 0 saturated carbocycles. The zero-order valence-corrected chi connectivity index (χ0v) is 12.2. The molecule has 0 atom stereocenters. The molecule has 0 bridgehead atoms. The van der Waals surface area contributed by atoms with Crippen LogP contribution in [0.3, 0.4) is 0 Å². The van der Waals surface area contributed by atoms with E-state index in [4.69, 9.17) is 16.3 Å². The fraction of sp³-hybridized carbons (Fsp3) is 0.500. The summed E-state index contributed by atoms with van der Waals surface area (Å²) in [4.78, 5) is 0. The Kier molecular flexibility index (Phi) is 6.68. The quantitative estimate of drug-likeness (QED) is 0.566. The minimum absolute atomic E-state index is 0.572. The molecule has 2 heteroatoms. The second kappa shape index (κ2) is 8.06. The van der Waals surface area contributed by atoms with E-state index in [0.29, 0.717) is 18.2 Å². The van der Waals surface area contributed by atoms with Crippen LogP contribution < -0.4 is 4.74 Å². The van der Waals surface area contributed by atoms with Gasteiger partial charge in [0.25, 0.3) is 0 Å². The SMILES string of the molecule is Cc1ccc(OCCC(C)C)c(C#CCCCl)c1. The van der Waals surface area contributed by atoms with Gasteiger partial charge in [0.2, 0.25) is 0 Å². The Morgan fingerprint density at radius 1 is 1.33 bits per heavy atom. The standard InChI is InChI=1S/C16H21ClO/c1-13(2)9-11-18-16-8-7-14(3)12-15(16)6-4-5-10-17/h7-8,12-13H,5,9-11H2,1-3H3. The Balaban J connectivity index is 2.74. The highest BCUT2D eigenvalue weighted by Crippen LogP contribution is 2.19. The minimum atomic E-state index is 0.572. The summed E-state index contributed by atoms with van der Waals surface area (Å²) in [6.45, 7) is 7.19. The van der Waals surface area contributed by atoms with Gasteiger partial charge in [-0.25, -0.2) is 0 Å². The van der Waals surface area contributed by atoms with Gasteiger partial charge in [-0.3, -0.25) is 0 Å². The van der Waals surface area contributed by atoms with Gasteiger partial charge in [-0.15, -0.1) is 11.6 Å². The van der Waals surface area contributed by atoms with Crippen LogP contribution in [0, 0.1) is 24.7 Å². The Morgan fingerprint density at radius 2 is 2.11 bits per heavy atom. The topological polar surface area (TPSA) is 9.23 Å². The van der Waals surface area contributed by atoms with Gasteiger partial charge in [0.1, 0.15) is 5.75 Å². The smallest absolute Gasteiger partial charge is 0.134 e. The van der Waals surface area contributed by atoms with E-state index in [9.17, 15) is 0 Å².